The van der Waals surface area contributed by atoms with Crippen molar-refractivity contribution in [3.8, 4) is 11.5 Å². The zero-order chi connectivity index (χ0) is 15.8. The fourth-order valence-electron chi connectivity index (χ4n) is 2.00. The van der Waals surface area contributed by atoms with E-state index in [-0.39, 0.29) is 5.91 Å². The molecule has 0 atom stereocenters. The summed E-state index contributed by atoms with van der Waals surface area (Å²) in [6, 6.07) is 15.4. The molecular formula is C18H21NO3. The van der Waals surface area contributed by atoms with Crippen molar-refractivity contribution in [2.75, 3.05) is 13.7 Å². The lowest BCUT2D eigenvalue weighted by molar-refractivity contribution is -0.121. The van der Waals surface area contributed by atoms with E-state index in [1.54, 1.807) is 7.11 Å². The van der Waals surface area contributed by atoms with E-state index in [0.29, 0.717) is 19.6 Å². The van der Waals surface area contributed by atoms with Gasteiger partial charge >= 0.3 is 0 Å². The van der Waals surface area contributed by atoms with Crippen molar-refractivity contribution in [2.45, 2.75) is 19.9 Å². The second kappa shape index (κ2) is 8.08. The molecule has 0 radical (unpaired) electrons. The number of carbonyl (C=O) groups is 1. The third kappa shape index (κ3) is 5.13. The van der Waals surface area contributed by atoms with Crippen molar-refractivity contribution in [1.82, 2.24) is 5.32 Å². The third-order valence-electron chi connectivity index (χ3n) is 3.24. The van der Waals surface area contributed by atoms with Crippen LogP contribution in [0, 0.1) is 6.92 Å². The third-order valence-corrected chi connectivity index (χ3v) is 3.24. The number of hydrogen-bond acceptors (Lipinski definition) is 3. The molecule has 0 heterocycles. The Kier molecular flexibility index (Phi) is 5.83. The van der Waals surface area contributed by atoms with E-state index in [0.717, 1.165) is 22.6 Å². The zero-order valence-electron chi connectivity index (χ0n) is 13.0. The molecule has 0 bridgehead atoms. The van der Waals surface area contributed by atoms with E-state index in [4.69, 9.17) is 9.47 Å². The second-order valence-corrected chi connectivity index (χ2v) is 5.04. The summed E-state index contributed by atoms with van der Waals surface area (Å²) in [7, 11) is 1.63. The maximum atomic E-state index is 11.8. The van der Waals surface area contributed by atoms with Crippen molar-refractivity contribution >= 4 is 5.91 Å². The standard InChI is InChI=1S/C18H21NO3/c1-14-4-3-5-17(12-14)22-11-10-18(20)19-13-15-6-8-16(21-2)9-7-15/h3-9,12H,10-11,13H2,1-2H3,(H,19,20). The number of benzene rings is 2. The SMILES string of the molecule is COc1ccc(CNC(=O)CCOc2cccc(C)c2)cc1. The molecule has 0 aliphatic rings. The predicted octanol–water partition coefficient (Wildman–Crippen LogP) is 3.09. The lowest BCUT2D eigenvalue weighted by Crippen LogP contribution is -2.24. The smallest absolute Gasteiger partial charge is 0.223 e. The normalized spacial score (nSPS) is 10.1. The summed E-state index contributed by atoms with van der Waals surface area (Å²) in [4.78, 5) is 11.8. The van der Waals surface area contributed by atoms with Gasteiger partial charge in [0.15, 0.2) is 0 Å². The number of carbonyl (C=O) groups excluding carboxylic acids is 1. The van der Waals surface area contributed by atoms with Gasteiger partial charge in [-0.05, 0) is 42.3 Å². The molecule has 22 heavy (non-hydrogen) atoms. The Morgan fingerprint density at radius 2 is 1.86 bits per heavy atom. The zero-order valence-corrected chi connectivity index (χ0v) is 13.0. The highest BCUT2D eigenvalue weighted by atomic mass is 16.5. The van der Waals surface area contributed by atoms with Crippen molar-refractivity contribution < 1.29 is 14.3 Å². The monoisotopic (exact) mass is 299 g/mol. The first kappa shape index (κ1) is 15.9. The lowest BCUT2D eigenvalue weighted by Gasteiger charge is -2.08. The van der Waals surface area contributed by atoms with Gasteiger partial charge in [-0.3, -0.25) is 4.79 Å². The summed E-state index contributed by atoms with van der Waals surface area (Å²) in [6.07, 6.45) is 0.337. The molecule has 0 aliphatic carbocycles. The molecule has 0 aliphatic heterocycles. The number of hydrogen-bond donors (Lipinski definition) is 1. The first-order chi connectivity index (χ1) is 10.7. The maximum Gasteiger partial charge on any atom is 0.223 e. The van der Waals surface area contributed by atoms with Crippen LogP contribution in [0.1, 0.15) is 17.5 Å². The van der Waals surface area contributed by atoms with Gasteiger partial charge in [-0.15, -0.1) is 0 Å². The molecule has 0 unspecified atom stereocenters. The molecule has 1 amide bonds. The van der Waals surface area contributed by atoms with Gasteiger partial charge in [-0.1, -0.05) is 24.3 Å². The number of amides is 1. The summed E-state index contributed by atoms with van der Waals surface area (Å²) in [5.41, 5.74) is 2.18. The minimum absolute atomic E-state index is 0.0246. The summed E-state index contributed by atoms with van der Waals surface area (Å²) in [6.45, 7) is 2.89. The van der Waals surface area contributed by atoms with Gasteiger partial charge in [0.05, 0.1) is 20.1 Å². The molecule has 2 aromatic rings. The van der Waals surface area contributed by atoms with Crippen molar-refractivity contribution in [1.29, 1.82) is 0 Å². The molecule has 0 aromatic heterocycles. The van der Waals surface area contributed by atoms with Gasteiger partial charge in [0.1, 0.15) is 11.5 Å². The average Bonchev–Trinajstić information content (AvgIpc) is 2.53. The van der Waals surface area contributed by atoms with Crippen LogP contribution in [0.5, 0.6) is 11.5 Å². The highest BCUT2D eigenvalue weighted by Crippen LogP contribution is 2.13. The molecule has 0 spiro atoms. The Balaban J connectivity index is 1.69. The summed E-state index contributed by atoms with van der Waals surface area (Å²) in [5.74, 6) is 1.58. The summed E-state index contributed by atoms with van der Waals surface area (Å²) >= 11 is 0. The number of methoxy groups -OCH3 is 1. The number of rotatable bonds is 7. The number of ether oxygens (including phenoxy) is 2. The first-order valence-electron chi connectivity index (χ1n) is 7.26. The van der Waals surface area contributed by atoms with E-state index in [2.05, 4.69) is 5.32 Å². The topological polar surface area (TPSA) is 47.6 Å². The molecule has 4 heteroatoms. The Labute approximate surface area is 131 Å². The van der Waals surface area contributed by atoms with Gasteiger partial charge in [-0.2, -0.15) is 0 Å². The molecule has 1 N–H and O–H groups in total. The van der Waals surface area contributed by atoms with Crippen molar-refractivity contribution in [2.24, 2.45) is 0 Å². The van der Waals surface area contributed by atoms with Gasteiger partial charge in [0.2, 0.25) is 5.91 Å². The van der Waals surface area contributed by atoms with E-state index in [1.165, 1.54) is 0 Å². The highest BCUT2D eigenvalue weighted by molar-refractivity contribution is 5.76. The summed E-state index contributed by atoms with van der Waals surface area (Å²) < 4.78 is 10.7. The molecule has 0 fully saturated rings. The van der Waals surface area contributed by atoms with Gasteiger partial charge in [0.25, 0.3) is 0 Å². The van der Waals surface area contributed by atoms with E-state index in [1.807, 2.05) is 55.5 Å². The minimum atomic E-state index is -0.0246. The molecule has 116 valence electrons. The van der Waals surface area contributed by atoms with Crippen LogP contribution in [0.2, 0.25) is 0 Å². The molecule has 0 saturated heterocycles. The largest absolute Gasteiger partial charge is 0.497 e. The summed E-state index contributed by atoms with van der Waals surface area (Å²) in [5, 5.41) is 2.87. The van der Waals surface area contributed by atoms with Crippen LogP contribution in [-0.4, -0.2) is 19.6 Å². The Morgan fingerprint density at radius 1 is 1.09 bits per heavy atom. The van der Waals surface area contributed by atoms with Gasteiger partial charge < -0.3 is 14.8 Å². The Morgan fingerprint density at radius 3 is 2.55 bits per heavy atom. The average molecular weight is 299 g/mol. The van der Waals surface area contributed by atoms with Crippen LogP contribution in [0.15, 0.2) is 48.5 Å². The highest BCUT2D eigenvalue weighted by Gasteiger charge is 2.03. The molecule has 4 nitrogen and oxygen atoms in total. The fourth-order valence-corrected chi connectivity index (χ4v) is 2.00. The van der Waals surface area contributed by atoms with Crippen LogP contribution >= 0.6 is 0 Å². The quantitative estimate of drug-likeness (QED) is 0.854. The van der Waals surface area contributed by atoms with Crippen LogP contribution in [0.25, 0.3) is 0 Å². The van der Waals surface area contributed by atoms with Crippen LogP contribution in [-0.2, 0) is 11.3 Å². The van der Waals surface area contributed by atoms with Crippen LogP contribution < -0.4 is 14.8 Å². The predicted molar refractivity (Wildman–Crippen MR) is 86.1 cm³/mol. The Hall–Kier alpha value is -2.49. The maximum absolute atomic E-state index is 11.8. The van der Waals surface area contributed by atoms with Gasteiger partial charge in [0, 0.05) is 6.54 Å². The van der Waals surface area contributed by atoms with Crippen LogP contribution in [0.3, 0.4) is 0 Å². The fraction of sp³-hybridized carbons (Fsp3) is 0.278. The van der Waals surface area contributed by atoms with E-state index in [9.17, 15) is 4.79 Å². The second-order valence-electron chi connectivity index (χ2n) is 5.04. The van der Waals surface area contributed by atoms with E-state index < -0.39 is 0 Å². The molecule has 2 rings (SSSR count). The number of aryl methyl sites for hydroxylation is 1. The Bertz CT molecular complexity index is 608. The van der Waals surface area contributed by atoms with Crippen molar-refractivity contribution in [3.63, 3.8) is 0 Å². The number of nitrogens with one attached hydrogen (secondary N) is 1. The van der Waals surface area contributed by atoms with Crippen LogP contribution in [0.4, 0.5) is 0 Å². The van der Waals surface area contributed by atoms with Gasteiger partial charge in [-0.25, -0.2) is 0 Å². The molecule has 2 aromatic carbocycles. The minimum Gasteiger partial charge on any atom is -0.497 e. The van der Waals surface area contributed by atoms with Crippen molar-refractivity contribution in [3.05, 3.63) is 59.7 Å². The molecule has 0 saturated carbocycles. The lowest BCUT2D eigenvalue weighted by atomic mass is 10.2. The first-order valence-corrected chi connectivity index (χ1v) is 7.26. The van der Waals surface area contributed by atoms with E-state index >= 15 is 0 Å². The molecular weight excluding hydrogens is 278 g/mol.